The van der Waals surface area contributed by atoms with Gasteiger partial charge in [-0.25, -0.2) is 4.79 Å². The number of rotatable bonds is 2. The van der Waals surface area contributed by atoms with Gasteiger partial charge in [-0.3, -0.25) is 0 Å². The van der Waals surface area contributed by atoms with Crippen molar-refractivity contribution in [1.29, 1.82) is 0 Å². The number of halogens is 1. The van der Waals surface area contributed by atoms with E-state index in [-0.39, 0.29) is 6.04 Å². The summed E-state index contributed by atoms with van der Waals surface area (Å²) in [5.74, 6) is -0.739. The predicted molar refractivity (Wildman–Crippen MR) is 43.4 cm³/mol. The molecule has 1 heterocycles. The fraction of sp³-hybridized carbons (Fsp3) is 0.571. The van der Waals surface area contributed by atoms with E-state index in [9.17, 15) is 4.79 Å². The summed E-state index contributed by atoms with van der Waals surface area (Å²) in [6.07, 6.45) is 3.32. The molecular weight excluding hydrogens is 361 g/mol. The van der Waals surface area contributed by atoms with Crippen LogP contribution in [-0.4, -0.2) is 28.6 Å². The van der Waals surface area contributed by atoms with Crippen molar-refractivity contribution in [2.75, 3.05) is 6.54 Å². The molecule has 0 aliphatic carbocycles. The van der Waals surface area contributed by atoms with Crippen molar-refractivity contribution in [1.82, 2.24) is 4.90 Å². The van der Waals surface area contributed by atoms with Crippen molar-refractivity contribution in [3.05, 3.63) is 12.8 Å². The second kappa shape index (κ2) is 6.50. The SMILES string of the molecule is C=CN1CCC[C@H]1C(=O)O.[Cl][Pt+]. The molecule has 1 N–H and O–H groups in total. The summed E-state index contributed by atoms with van der Waals surface area (Å²) in [5, 5.41) is 8.63. The van der Waals surface area contributed by atoms with E-state index in [1.165, 1.54) is 0 Å². The van der Waals surface area contributed by atoms with E-state index >= 15 is 0 Å². The number of likely N-dealkylation sites (tertiary alicyclic amines) is 1. The first kappa shape index (κ1) is 12.0. The molecule has 0 bridgehead atoms. The Hall–Kier alpha value is -0.0117. The summed E-state index contributed by atoms with van der Waals surface area (Å²) in [6, 6.07) is -0.322. The fourth-order valence-electron chi connectivity index (χ4n) is 1.27. The quantitative estimate of drug-likeness (QED) is 0.797. The van der Waals surface area contributed by atoms with Gasteiger partial charge in [0, 0.05) is 6.54 Å². The van der Waals surface area contributed by atoms with E-state index in [0.29, 0.717) is 0 Å². The Balaban J connectivity index is 0.000000561. The molecule has 0 aromatic heterocycles. The van der Waals surface area contributed by atoms with Gasteiger partial charge in [0.2, 0.25) is 0 Å². The van der Waals surface area contributed by atoms with Crippen LogP contribution < -0.4 is 0 Å². The van der Waals surface area contributed by atoms with Crippen LogP contribution >= 0.6 is 9.42 Å². The van der Waals surface area contributed by atoms with Crippen molar-refractivity contribution >= 4 is 15.4 Å². The number of hydrogen-bond acceptors (Lipinski definition) is 2. The number of nitrogens with zero attached hydrogens (tertiary/aromatic N) is 1. The molecule has 1 aliphatic heterocycles. The van der Waals surface area contributed by atoms with Crippen molar-refractivity contribution < 1.29 is 28.7 Å². The van der Waals surface area contributed by atoms with E-state index < -0.39 is 5.97 Å². The summed E-state index contributed by atoms with van der Waals surface area (Å²) in [4.78, 5) is 12.2. The first-order valence-electron chi connectivity index (χ1n) is 3.49. The summed E-state index contributed by atoms with van der Waals surface area (Å²) in [7, 11) is 4.61. The average Bonchev–Trinajstić information content (AvgIpc) is 2.55. The van der Waals surface area contributed by atoms with Crippen LogP contribution in [0.1, 0.15) is 12.8 Å². The maximum absolute atomic E-state index is 10.5. The van der Waals surface area contributed by atoms with E-state index in [2.05, 4.69) is 16.0 Å². The summed E-state index contributed by atoms with van der Waals surface area (Å²) >= 11 is 1.61. The molecule has 1 aliphatic rings. The minimum atomic E-state index is -0.739. The van der Waals surface area contributed by atoms with Gasteiger partial charge in [-0.1, -0.05) is 6.58 Å². The number of aliphatic carboxylic acids is 1. The van der Waals surface area contributed by atoms with Gasteiger partial charge in [-0.2, -0.15) is 0 Å². The van der Waals surface area contributed by atoms with Crippen LogP contribution in [0.2, 0.25) is 0 Å². The van der Waals surface area contributed by atoms with Crippen LogP contribution in [0.25, 0.3) is 0 Å². The monoisotopic (exact) mass is 371 g/mol. The Kier molecular flexibility index (Phi) is 6.49. The molecule has 0 amide bonds. The van der Waals surface area contributed by atoms with Crippen LogP contribution in [0, 0.1) is 0 Å². The first-order chi connectivity index (χ1) is 5.75. The van der Waals surface area contributed by atoms with Crippen LogP contribution in [0.3, 0.4) is 0 Å². The van der Waals surface area contributed by atoms with Crippen molar-refractivity contribution in [2.24, 2.45) is 0 Å². The van der Waals surface area contributed by atoms with Crippen molar-refractivity contribution in [2.45, 2.75) is 18.9 Å². The zero-order valence-corrected chi connectivity index (χ0v) is 9.51. The first-order valence-corrected chi connectivity index (χ1v) is 6.30. The third-order valence-corrected chi connectivity index (χ3v) is 1.81. The maximum atomic E-state index is 10.5. The molecule has 12 heavy (non-hydrogen) atoms. The molecule has 72 valence electrons. The van der Waals surface area contributed by atoms with Gasteiger partial charge in [-0.15, -0.1) is 0 Å². The summed E-state index contributed by atoms with van der Waals surface area (Å²) in [6.45, 7) is 4.37. The van der Waals surface area contributed by atoms with E-state index in [4.69, 9.17) is 5.11 Å². The van der Waals surface area contributed by atoms with E-state index in [1.54, 1.807) is 29.9 Å². The molecule has 5 heteroatoms. The van der Waals surface area contributed by atoms with Gasteiger partial charge in [0.15, 0.2) is 0 Å². The van der Waals surface area contributed by atoms with Gasteiger partial charge < -0.3 is 10.0 Å². The van der Waals surface area contributed by atoms with Crippen molar-refractivity contribution in [3.8, 4) is 0 Å². The van der Waals surface area contributed by atoms with Gasteiger partial charge in [0.05, 0.1) is 0 Å². The Morgan fingerprint density at radius 2 is 2.33 bits per heavy atom. The molecule has 1 fully saturated rings. The summed E-state index contributed by atoms with van der Waals surface area (Å²) < 4.78 is 0. The fourth-order valence-corrected chi connectivity index (χ4v) is 1.27. The van der Waals surface area contributed by atoms with Crippen molar-refractivity contribution in [3.63, 3.8) is 0 Å². The molecule has 0 unspecified atom stereocenters. The molecule has 1 atom stereocenters. The average molecular weight is 372 g/mol. The van der Waals surface area contributed by atoms with Gasteiger partial charge in [0.25, 0.3) is 0 Å². The second-order valence-corrected chi connectivity index (χ2v) is 2.42. The standard InChI is InChI=1S/C7H11NO2.ClH.Pt/c1-2-8-5-3-4-6(8)7(9)10;;/h2,6H,1,3-5H2,(H,9,10);1H;/q;;+2/p-1/t6-;;/m0../s1. The Morgan fingerprint density at radius 3 is 2.67 bits per heavy atom. The Bertz CT molecular complexity index is 165. The van der Waals surface area contributed by atoms with Crippen LogP contribution in [0.15, 0.2) is 12.8 Å². The molecule has 0 aromatic rings. The molecule has 0 saturated carbocycles. The molecule has 0 spiro atoms. The number of hydrogen-bond donors (Lipinski definition) is 1. The molecular formula is C7H11ClNO2Pt+. The van der Waals surface area contributed by atoms with Gasteiger partial charge >= 0.3 is 34.2 Å². The Labute approximate surface area is 87.2 Å². The van der Waals surface area contributed by atoms with E-state index in [0.717, 1.165) is 19.4 Å². The van der Waals surface area contributed by atoms with Gasteiger partial charge in [-0.05, 0) is 19.0 Å². The molecule has 3 nitrogen and oxygen atoms in total. The van der Waals surface area contributed by atoms with Crippen LogP contribution in [0.5, 0.6) is 0 Å². The van der Waals surface area contributed by atoms with Crippen LogP contribution in [0.4, 0.5) is 0 Å². The topological polar surface area (TPSA) is 40.5 Å². The molecule has 0 radical (unpaired) electrons. The van der Waals surface area contributed by atoms with Gasteiger partial charge in [0.1, 0.15) is 6.04 Å². The van der Waals surface area contributed by atoms with E-state index in [1.807, 2.05) is 0 Å². The minimum absolute atomic E-state index is 0.322. The predicted octanol–water partition coefficient (Wildman–Crippen LogP) is 1.37. The summed E-state index contributed by atoms with van der Waals surface area (Å²) in [5.41, 5.74) is 0. The number of carboxylic acid groups (broad SMARTS) is 1. The Morgan fingerprint density at radius 1 is 1.75 bits per heavy atom. The third kappa shape index (κ3) is 3.16. The normalized spacial score (nSPS) is 21.2. The zero-order chi connectivity index (χ0) is 9.56. The second-order valence-electron chi connectivity index (χ2n) is 2.42. The molecule has 1 saturated heterocycles. The zero-order valence-electron chi connectivity index (χ0n) is 6.48. The molecule has 1 rings (SSSR count). The number of carbonyl (C=O) groups is 1. The molecule has 0 aromatic carbocycles. The number of carboxylic acids is 1. The third-order valence-electron chi connectivity index (χ3n) is 1.81. The van der Waals surface area contributed by atoms with Crippen LogP contribution in [-0.2, 0) is 23.6 Å².